The van der Waals surface area contributed by atoms with Gasteiger partial charge in [-0.25, -0.2) is 0 Å². The summed E-state index contributed by atoms with van der Waals surface area (Å²) in [7, 11) is 0. The molecule has 0 saturated carbocycles. The van der Waals surface area contributed by atoms with Crippen LogP contribution in [0.4, 0.5) is 5.69 Å². The molecule has 178 valence electrons. The number of carbonyl (C=O) groups excluding carboxylic acids is 1. The summed E-state index contributed by atoms with van der Waals surface area (Å²) in [5.74, 6) is 0.872. The summed E-state index contributed by atoms with van der Waals surface area (Å²) >= 11 is 3.44. The van der Waals surface area contributed by atoms with Gasteiger partial charge in [0, 0.05) is 10.2 Å². The summed E-state index contributed by atoms with van der Waals surface area (Å²) in [6, 6.07) is 17.7. The molecule has 35 heavy (non-hydrogen) atoms. The zero-order valence-corrected chi connectivity index (χ0v) is 21.2. The van der Waals surface area contributed by atoms with Gasteiger partial charge in [-0.1, -0.05) is 34.1 Å². The molecule has 0 radical (unpaired) electrons. The molecule has 0 fully saturated rings. The smallest absolute Gasteiger partial charge is 0.295 e. The van der Waals surface area contributed by atoms with Gasteiger partial charge in [0.05, 0.1) is 30.2 Å². The first-order valence-corrected chi connectivity index (χ1v) is 12.3. The fourth-order valence-electron chi connectivity index (χ4n) is 4.54. The fraction of sp³-hybridized carbons (Fsp3) is 0.214. The molecule has 1 aliphatic rings. The van der Waals surface area contributed by atoms with Crippen molar-refractivity contribution >= 4 is 38.5 Å². The van der Waals surface area contributed by atoms with Crippen LogP contribution in [0.1, 0.15) is 47.1 Å². The lowest BCUT2D eigenvalue weighted by Crippen LogP contribution is -2.29. The van der Waals surface area contributed by atoms with Crippen molar-refractivity contribution < 1.29 is 18.7 Å². The van der Waals surface area contributed by atoms with Crippen molar-refractivity contribution in [1.29, 1.82) is 0 Å². The number of benzene rings is 3. The number of ether oxygens (including phenoxy) is 2. The highest BCUT2D eigenvalue weighted by molar-refractivity contribution is 9.10. The minimum Gasteiger partial charge on any atom is -0.490 e. The molecule has 3 aromatic carbocycles. The number of amides is 1. The first kappa shape index (κ1) is 23.2. The molecule has 1 unspecified atom stereocenters. The largest absolute Gasteiger partial charge is 0.490 e. The van der Waals surface area contributed by atoms with E-state index in [2.05, 4.69) is 15.9 Å². The molecule has 0 spiro atoms. The van der Waals surface area contributed by atoms with Crippen LogP contribution in [0.15, 0.2) is 74.3 Å². The van der Waals surface area contributed by atoms with E-state index in [1.807, 2.05) is 63.2 Å². The Hall–Kier alpha value is -3.58. The predicted molar refractivity (Wildman–Crippen MR) is 139 cm³/mol. The Morgan fingerprint density at radius 1 is 0.943 bits per heavy atom. The Morgan fingerprint density at radius 2 is 1.71 bits per heavy atom. The van der Waals surface area contributed by atoms with Crippen LogP contribution in [0.2, 0.25) is 0 Å². The van der Waals surface area contributed by atoms with Gasteiger partial charge in [-0.3, -0.25) is 14.5 Å². The number of nitrogens with zero attached hydrogens (tertiary/aromatic N) is 1. The zero-order valence-electron chi connectivity index (χ0n) is 19.6. The van der Waals surface area contributed by atoms with E-state index in [1.165, 1.54) is 0 Å². The molecule has 1 aromatic heterocycles. The summed E-state index contributed by atoms with van der Waals surface area (Å²) in [6.45, 7) is 6.71. The Bertz CT molecular complexity index is 1510. The van der Waals surface area contributed by atoms with Crippen LogP contribution in [0.3, 0.4) is 0 Å². The molecule has 1 atom stereocenters. The van der Waals surface area contributed by atoms with Crippen LogP contribution >= 0.6 is 15.9 Å². The van der Waals surface area contributed by atoms with Gasteiger partial charge >= 0.3 is 0 Å². The van der Waals surface area contributed by atoms with Gasteiger partial charge in [-0.2, -0.15) is 0 Å². The highest BCUT2D eigenvalue weighted by atomic mass is 79.9. The number of anilines is 1. The molecule has 6 nitrogen and oxygen atoms in total. The molecular formula is C28H24BrNO5. The average Bonchev–Trinajstić information content (AvgIpc) is 3.13. The molecule has 1 aliphatic heterocycles. The molecule has 1 amide bonds. The summed E-state index contributed by atoms with van der Waals surface area (Å²) < 4.78 is 18.4. The SMILES string of the molecule is CCOc1ccc(C2c3c(oc4ccc(Br)cc4c3=O)C(=O)N2c2cccc(C)c2)cc1OCC. The Morgan fingerprint density at radius 3 is 2.46 bits per heavy atom. The molecule has 7 heteroatoms. The average molecular weight is 534 g/mol. The number of fused-ring (bicyclic) bond motifs is 2. The first-order valence-electron chi connectivity index (χ1n) is 11.5. The normalized spacial score (nSPS) is 14.9. The van der Waals surface area contributed by atoms with Gasteiger partial charge in [0.25, 0.3) is 5.91 Å². The lowest BCUT2D eigenvalue weighted by Gasteiger charge is -2.26. The first-order chi connectivity index (χ1) is 16.9. The molecule has 5 rings (SSSR count). The van der Waals surface area contributed by atoms with Crippen molar-refractivity contribution in [3.63, 3.8) is 0 Å². The molecule has 4 aromatic rings. The van der Waals surface area contributed by atoms with Crippen LogP contribution in [0.25, 0.3) is 11.0 Å². The van der Waals surface area contributed by atoms with E-state index in [9.17, 15) is 9.59 Å². The van der Waals surface area contributed by atoms with E-state index in [-0.39, 0.29) is 17.1 Å². The second kappa shape index (κ2) is 9.23. The summed E-state index contributed by atoms with van der Waals surface area (Å²) in [5.41, 5.74) is 2.86. The maximum Gasteiger partial charge on any atom is 0.295 e. The lowest BCUT2D eigenvalue weighted by molar-refractivity contribution is 0.0971. The number of rotatable bonds is 6. The van der Waals surface area contributed by atoms with Crippen molar-refractivity contribution in [1.82, 2.24) is 0 Å². The minimum atomic E-state index is -0.686. The quantitative estimate of drug-likeness (QED) is 0.286. The van der Waals surface area contributed by atoms with Gasteiger partial charge < -0.3 is 13.9 Å². The van der Waals surface area contributed by atoms with Crippen molar-refractivity contribution in [3.8, 4) is 11.5 Å². The molecule has 2 heterocycles. The van der Waals surface area contributed by atoms with Gasteiger partial charge in [-0.05, 0) is 74.4 Å². The van der Waals surface area contributed by atoms with Crippen molar-refractivity contribution in [3.05, 3.63) is 97.8 Å². The van der Waals surface area contributed by atoms with E-state index in [1.54, 1.807) is 23.1 Å². The summed E-state index contributed by atoms with van der Waals surface area (Å²) in [5, 5.41) is 0.415. The lowest BCUT2D eigenvalue weighted by atomic mass is 9.97. The van der Waals surface area contributed by atoms with Crippen LogP contribution in [0, 0.1) is 6.92 Å². The van der Waals surface area contributed by atoms with Crippen molar-refractivity contribution in [2.24, 2.45) is 0 Å². The van der Waals surface area contributed by atoms with Crippen LogP contribution in [0.5, 0.6) is 11.5 Å². The minimum absolute atomic E-state index is 0.0585. The van der Waals surface area contributed by atoms with E-state index in [0.29, 0.717) is 46.9 Å². The van der Waals surface area contributed by atoms with Gasteiger partial charge in [0.1, 0.15) is 5.58 Å². The van der Waals surface area contributed by atoms with Crippen molar-refractivity contribution in [2.45, 2.75) is 26.8 Å². The number of hydrogen-bond donors (Lipinski definition) is 0. The van der Waals surface area contributed by atoms with E-state index in [0.717, 1.165) is 15.6 Å². The van der Waals surface area contributed by atoms with E-state index < -0.39 is 6.04 Å². The maximum absolute atomic E-state index is 13.8. The highest BCUT2D eigenvalue weighted by Crippen LogP contribution is 2.43. The van der Waals surface area contributed by atoms with Crippen LogP contribution in [-0.4, -0.2) is 19.1 Å². The van der Waals surface area contributed by atoms with Crippen molar-refractivity contribution in [2.75, 3.05) is 18.1 Å². The third-order valence-electron chi connectivity index (χ3n) is 6.00. The Balaban J connectivity index is 1.79. The molecule has 0 saturated heterocycles. The predicted octanol–water partition coefficient (Wildman–Crippen LogP) is 6.41. The highest BCUT2D eigenvalue weighted by Gasteiger charge is 2.44. The number of carbonyl (C=O) groups is 1. The second-order valence-electron chi connectivity index (χ2n) is 8.30. The van der Waals surface area contributed by atoms with Gasteiger partial charge in [0.2, 0.25) is 5.76 Å². The number of hydrogen-bond acceptors (Lipinski definition) is 5. The standard InChI is InChI=1S/C28H24BrNO5/c1-4-33-22-11-9-17(14-23(22)34-5-2)25-24-26(31)20-15-18(29)10-12-21(20)35-27(24)28(32)30(25)19-8-6-7-16(3)13-19/h6-15,25H,4-5H2,1-3H3. The number of aryl methyl sites for hydroxylation is 1. The Labute approximate surface area is 211 Å². The van der Waals surface area contributed by atoms with Gasteiger partial charge in [0.15, 0.2) is 16.9 Å². The molecule has 0 N–H and O–H groups in total. The number of halogens is 1. The molecule has 0 bridgehead atoms. The summed E-state index contributed by atoms with van der Waals surface area (Å²) in [4.78, 5) is 29.2. The molecular weight excluding hydrogens is 510 g/mol. The third-order valence-corrected chi connectivity index (χ3v) is 6.49. The second-order valence-corrected chi connectivity index (χ2v) is 9.22. The zero-order chi connectivity index (χ0) is 24.7. The topological polar surface area (TPSA) is 69.0 Å². The van der Waals surface area contributed by atoms with E-state index >= 15 is 0 Å². The van der Waals surface area contributed by atoms with Crippen LogP contribution < -0.4 is 19.8 Å². The molecule has 0 aliphatic carbocycles. The van der Waals surface area contributed by atoms with Crippen LogP contribution in [-0.2, 0) is 0 Å². The van der Waals surface area contributed by atoms with Gasteiger partial charge in [-0.15, -0.1) is 0 Å². The monoisotopic (exact) mass is 533 g/mol. The maximum atomic E-state index is 13.8. The third kappa shape index (κ3) is 4.00. The summed E-state index contributed by atoms with van der Waals surface area (Å²) in [6.07, 6.45) is 0. The Kier molecular flexibility index (Phi) is 6.11. The fourth-order valence-corrected chi connectivity index (χ4v) is 4.90. The van der Waals surface area contributed by atoms with E-state index in [4.69, 9.17) is 13.9 Å².